The Balaban J connectivity index is 1.73. The number of hydrogen-bond acceptors (Lipinski definition) is 5. The van der Waals surface area contributed by atoms with Gasteiger partial charge in [0, 0.05) is 17.7 Å². The average Bonchev–Trinajstić information content (AvgIpc) is 3.18. The van der Waals surface area contributed by atoms with Crippen LogP contribution < -0.4 is 14.8 Å². The number of anilines is 1. The van der Waals surface area contributed by atoms with Gasteiger partial charge < -0.3 is 19.5 Å². The first-order chi connectivity index (χ1) is 11.7. The van der Waals surface area contributed by atoms with Crippen LogP contribution in [0, 0.1) is 5.82 Å². The Kier molecular flexibility index (Phi) is 2.65. The molecule has 2 aromatic rings. The minimum atomic E-state index is -0.352. The van der Waals surface area contributed by atoms with E-state index in [-0.39, 0.29) is 31.1 Å². The van der Waals surface area contributed by atoms with Gasteiger partial charge in [0.05, 0.1) is 11.3 Å². The van der Waals surface area contributed by atoms with E-state index in [2.05, 4.69) is 5.32 Å². The smallest absolute Gasteiger partial charge is 0.337 e. The zero-order valence-corrected chi connectivity index (χ0v) is 12.5. The zero-order chi connectivity index (χ0) is 16.3. The molecule has 5 rings (SSSR count). The van der Waals surface area contributed by atoms with Crippen molar-refractivity contribution in [2.75, 3.05) is 18.7 Å². The summed E-state index contributed by atoms with van der Waals surface area (Å²) in [6.07, 6.45) is 0. The lowest BCUT2D eigenvalue weighted by molar-refractivity contribution is -0.136. The highest BCUT2D eigenvalue weighted by Crippen LogP contribution is 2.48. The molecule has 0 saturated carbocycles. The van der Waals surface area contributed by atoms with Crippen molar-refractivity contribution in [1.29, 1.82) is 0 Å². The number of rotatable bonds is 1. The summed E-state index contributed by atoms with van der Waals surface area (Å²) < 4.78 is 29.4. The molecule has 120 valence electrons. The summed E-state index contributed by atoms with van der Waals surface area (Å²) in [7, 11) is 0. The van der Waals surface area contributed by atoms with Crippen LogP contribution in [0.15, 0.2) is 47.7 Å². The topological polar surface area (TPSA) is 56.8 Å². The van der Waals surface area contributed by atoms with Crippen LogP contribution in [0.5, 0.6) is 11.5 Å². The molecule has 24 heavy (non-hydrogen) atoms. The molecule has 0 fully saturated rings. The van der Waals surface area contributed by atoms with Crippen molar-refractivity contribution in [3.8, 4) is 11.5 Å². The van der Waals surface area contributed by atoms with E-state index >= 15 is 0 Å². The molecule has 3 aliphatic heterocycles. The molecule has 0 unspecified atom stereocenters. The van der Waals surface area contributed by atoms with Gasteiger partial charge in [0.2, 0.25) is 6.79 Å². The Hall–Kier alpha value is -3.02. The first-order valence-electron chi connectivity index (χ1n) is 7.57. The molecule has 5 nitrogen and oxygen atoms in total. The van der Waals surface area contributed by atoms with Gasteiger partial charge >= 0.3 is 5.97 Å². The number of ether oxygens (including phenoxy) is 3. The van der Waals surface area contributed by atoms with E-state index in [0.717, 1.165) is 22.5 Å². The number of nitrogens with one attached hydrogen (secondary N) is 1. The maximum absolute atomic E-state index is 13.3. The van der Waals surface area contributed by atoms with Crippen molar-refractivity contribution in [1.82, 2.24) is 0 Å². The molecule has 0 saturated heterocycles. The summed E-state index contributed by atoms with van der Waals surface area (Å²) >= 11 is 0. The van der Waals surface area contributed by atoms with E-state index in [1.54, 1.807) is 12.1 Å². The number of esters is 1. The number of fused-ring (bicyclic) bond motifs is 2. The maximum atomic E-state index is 13.3. The maximum Gasteiger partial charge on any atom is 0.337 e. The second kappa shape index (κ2) is 4.74. The molecule has 0 bridgehead atoms. The van der Waals surface area contributed by atoms with E-state index < -0.39 is 0 Å². The van der Waals surface area contributed by atoms with Gasteiger partial charge in [0.1, 0.15) is 12.4 Å². The highest BCUT2D eigenvalue weighted by molar-refractivity contribution is 5.97. The molecule has 2 aromatic carbocycles. The molecule has 3 aliphatic rings. The minimum absolute atomic E-state index is 0.175. The van der Waals surface area contributed by atoms with Crippen LogP contribution >= 0.6 is 0 Å². The van der Waals surface area contributed by atoms with Crippen LogP contribution in [0.1, 0.15) is 17.0 Å². The second-order valence-electron chi connectivity index (χ2n) is 5.87. The molecule has 0 aliphatic carbocycles. The van der Waals surface area contributed by atoms with E-state index in [4.69, 9.17) is 14.2 Å². The molecule has 3 heterocycles. The number of cyclic esters (lactones) is 1. The van der Waals surface area contributed by atoms with Crippen molar-refractivity contribution < 1.29 is 23.4 Å². The highest BCUT2D eigenvalue weighted by atomic mass is 19.1. The summed E-state index contributed by atoms with van der Waals surface area (Å²) in [5.74, 6) is 0.296. The lowest BCUT2D eigenvalue weighted by Gasteiger charge is -2.27. The van der Waals surface area contributed by atoms with Gasteiger partial charge in [-0.1, -0.05) is 12.1 Å². The first kappa shape index (κ1) is 13.4. The lowest BCUT2D eigenvalue weighted by atomic mass is 9.81. The van der Waals surface area contributed by atoms with Gasteiger partial charge in [0.25, 0.3) is 0 Å². The standard InChI is InChI=1S/C18H12FNO4/c19-10-3-1-9(2-4-10)16-11-5-14-15(24-8-23-14)6-12(11)20-13-7-22-18(21)17(13)16/h1-6,16,20H,7-8H2/t16-/m1/s1. The SMILES string of the molecule is O=C1OCC2=C1[C@H](c1ccc(F)cc1)c1cc3c(cc1N2)OCO3. The molecule has 0 aromatic heterocycles. The average molecular weight is 325 g/mol. The number of benzene rings is 2. The Bertz CT molecular complexity index is 904. The van der Waals surface area contributed by atoms with Gasteiger partial charge in [0.15, 0.2) is 11.5 Å². The fourth-order valence-corrected chi connectivity index (χ4v) is 3.44. The molecule has 0 radical (unpaired) electrons. The third-order valence-corrected chi connectivity index (χ3v) is 4.53. The van der Waals surface area contributed by atoms with Crippen LogP contribution in [0.2, 0.25) is 0 Å². The Morgan fingerprint density at radius 3 is 2.58 bits per heavy atom. The van der Waals surface area contributed by atoms with E-state index in [1.807, 2.05) is 12.1 Å². The Labute approximate surface area is 136 Å². The van der Waals surface area contributed by atoms with Crippen LogP contribution in [0.25, 0.3) is 0 Å². The molecule has 1 N–H and O–H groups in total. The number of carbonyl (C=O) groups excluding carboxylic acids is 1. The van der Waals surface area contributed by atoms with Gasteiger partial charge in [-0.05, 0) is 29.3 Å². The van der Waals surface area contributed by atoms with Crippen molar-refractivity contribution in [2.24, 2.45) is 0 Å². The van der Waals surface area contributed by atoms with Crippen LogP contribution in [-0.2, 0) is 9.53 Å². The summed E-state index contributed by atoms with van der Waals surface area (Å²) in [5, 5.41) is 3.25. The molecular formula is C18H12FNO4. The number of hydrogen-bond donors (Lipinski definition) is 1. The van der Waals surface area contributed by atoms with Gasteiger partial charge in [-0.3, -0.25) is 0 Å². The molecule has 0 amide bonds. The van der Waals surface area contributed by atoms with Gasteiger partial charge in [-0.15, -0.1) is 0 Å². The molecule has 1 atom stereocenters. The van der Waals surface area contributed by atoms with Crippen molar-refractivity contribution in [3.63, 3.8) is 0 Å². The van der Waals surface area contributed by atoms with Crippen LogP contribution in [0.3, 0.4) is 0 Å². The van der Waals surface area contributed by atoms with Crippen molar-refractivity contribution in [2.45, 2.75) is 5.92 Å². The summed E-state index contributed by atoms with van der Waals surface area (Å²) in [6, 6.07) is 9.90. The van der Waals surface area contributed by atoms with Crippen molar-refractivity contribution in [3.05, 3.63) is 64.6 Å². The van der Waals surface area contributed by atoms with E-state index in [0.29, 0.717) is 17.1 Å². The van der Waals surface area contributed by atoms with E-state index in [9.17, 15) is 9.18 Å². The van der Waals surface area contributed by atoms with E-state index in [1.165, 1.54) is 12.1 Å². The fraction of sp³-hybridized carbons (Fsp3) is 0.167. The minimum Gasteiger partial charge on any atom is -0.456 e. The quantitative estimate of drug-likeness (QED) is 0.817. The Morgan fingerprint density at radius 1 is 1.04 bits per heavy atom. The highest BCUT2D eigenvalue weighted by Gasteiger charge is 2.39. The van der Waals surface area contributed by atoms with Gasteiger partial charge in [-0.25, -0.2) is 9.18 Å². The third kappa shape index (κ3) is 1.83. The predicted molar refractivity (Wildman–Crippen MR) is 82.4 cm³/mol. The monoisotopic (exact) mass is 325 g/mol. The third-order valence-electron chi connectivity index (χ3n) is 4.53. The van der Waals surface area contributed by atoms with Gasteiger partial charge in [-0.2, -0.15) is 0 Å². The summed E-state index contributed by atoms with van der Waals surface area (Å²) in [5.41, 5.74) is 3.84. The molecule has 0 spiro atoms. The van der Waals surface area contributed by atoms with Crippen molar-refractivity contribution >= 4 is 11.7 Å². The largest absolute Gasteiger partial charge is 0.456 e. The normalized spacial score (nSPS) is 20.4. The van der Waals surface area contributed by atoms with Crippen LogP contribution in [-0.4, -0.2) is 19.4 Å². The number of halogens is 1. The first-order valence-corrected chi connectivity index (χ1v) is 7.57. The predicted octanol–water partition coefficient (Wildman–Crippen LogP) is 2.92. The lowest BCUT2D eigenvalue weighted by Crippen LogP contribution is -2.19. The zero-order valence-electron chi connectivity index (χ0n) is 12.5. The molecule has 6 heteroatoms. The molecular weight excluding hydrogens is 313 g/mol. The van der Waals surface area contributed by atoms with Crippen LogP contribution in [0.4, 0.5) is 10.1 Å². The summed E-state index contributed by atoms with van der Waals surface area (Å²) in [6.45, 7) is 0.383. The Morgan fingerprint density at radius 2 is 1.79 bits per heavy atom. The second-order valence-corrected chi connectivity index (χ2v) is 5.87. The fourth-order valence-electron chi connectivity index (χ4n) is 3.44. The summed E-state index contributed by atoms with van der Waals surface area (Å²) in [4.78, 5) is 12.3. The number of carbonyl (C=O) groups is 1.